The quantitative estimate of drug-likeness (QED) is 0.791. The standard InChI is InChI=1S/C19H16Cl2N2O2/c1-10-6-11(2)8-14(7-10)22-17-16(21)18(24)23(19(17)25)15-5-4-13(20)9-12(15)3/h4-9,22H,1-3H3. The number of amides is 2. The van der Waals surface area contributed by atoms with Crippen molar-refractivity contribution >= 4 is 46.4 Å². The van der Waals surface area contributed by atoms with Crippen molar-refractivity contribution in [3.63, 3.8) is 0 Å². The Morgan fingerprint density at radius 2 is 1.52 bits per heavy atom. The summed E-state index contributed by atoms with van der Waals surface area (Å²) < 4.78 is 0. The highest BCUT2D eigenvalue weighted by Crippen LogP contribution is 2.33. The van der Waals surface area contributed by atoms with Gasteiger partial charge in [-0.2, -0.15) is 0 Å². The molecule has 1 heterocycles. The van der Waals surface area contributed by atoms with Gasteiger partial charge in [0.05, 0.1) is 5.69 Å². The zero-order valence-electron chi connectivity index (χ0n) is 14.0. The number of carbonyl (C=O) groups is 2. The first kappa shape index (κ1) is 17.5. The van der Waals surface area contributed by atoms with Gasteiger partial charge in [-0.15, -0.1) is 0 Å². The van der Waals surface area contributed by atoms with E-state index in [-0.39, 0.29) is 10.7 Å². The molecule has 4 nitrogen and oxygen atoms in total. The van der Waals surface area contributed by atoms with E-state index < -0.39 is 11.8 Å². The second-order valence-corrected chi connectivity index (χ2v) is 6.88. The van der Waals surface area contributed by atoms with Crippen molar-refractivity contribution in [2.45, 2.75) is 20.8 Å². The summed E-state index contributed by atoms with van der Waals surface area (Å²) in [6.07, 6.45) is 0. The van der Waals surface area contributed by atoms with Gasteiger partial charge < -0.3 is 5.32 Å². The monoisotopic (exact) mass is 374 g/mol. The highest BCUT2D eigenvalue weighted by Gasteiger charge is 2.39. The van der Waals surface area contributed by atoms with Crippen LogP contribution in [0.1, 0.15) is 16.7 Å². The Balaban J connectivity index is 1.96. The van der Waals surface area contributed by atoms with Crippen molar-refractivity contribution in [2.24, 2.45) is 0 Å². The fourth-order valence-electron chi connectivity index (χ4n) is 2.89. The Labute approximate surface area is 156 Å². The summed E-state index contributed by atoms with van der Waals surface area (Å²) in [5.41, 5.74) is 4.05. The van der Waals surface area contributed by atoms with E-state index in [4.69, 9.17) is 23.2 Å². The Kier molecular flexibility index (Phi) is 4.58. The van der Waals surface area contributed by atoms with Crippen LogP contribution in [0.3, 0.4) is 0 Å². The molecule has 0 fully saturated rings. The van der Waals surface area contributed by atoms with E-state index >= 15 is 0 Å². The van der Waals surface area contributed by atoms with Gasteiger partial charge >= 0.3 is 0 Å². The molecule has 0 aliphatic carbocycles. The Morgan fingerprint density at radius 3 is 2.12 bits per heavy atom. The predicted molar refractivity (Wildman–Crippen MR) is 101 cm³/mol. The number of aryl methyl sites for hydroxylation is 3. The highest BCUT2D eigenvalue weighted by molar-refractivity contribution is 6.53. The molecule has 0 saturated carbocycles. The molecule has 2 aromatic carbocycles. The van der Waals surface area contributed by atoms with Crippen LogP contribution in [0.15, 0.2) is 47.1 Å². The van der Waals surface area contributed by atoms with Crippen LogP contribution in [0.5, 0.6) is 0 Å². The largest absolute Gasteiger partial charge is 0.350 e. The van der Waals surface area contributed by atoms with Crippen LogP contribution in [-0.4, -0.2) is 11.8 Å². The SMILES string of the molecule is Cc1cc(C)cc(NC2=C(Cl)C(=O)N(c3ccc(Cl)cc3C)C2=O)c1. The van der Waals surface area contributed by atoms with E-state index in [0.29, 0.717) is 22.0 Å². The van der Waals surface area contributed by atoms with Crippen molar-refractivity contribution < 1.29 is 9.59 Å². The van der Waals surface area contributed by atoms with Crippen molar-refractivity contribution in [1.82, 2.24) is 0 Å². The minimum absolute atomic E-state index is 0.0750. The van der Waals surface area contributed by atoms with Crippen molar-refractivity contribution in [3.05, 3.63) is 68.8 Å². The summed E-state index contributed by atoms with van der Waals surface area (Å²) in [5, 5.41) is 3.40. The molecule has 6 heteroatoms. The molecule has 3 rings (SSSR count). The topological polar surface area (TPSA) is 49.4 Å². The van der Waals surface area contributed by atoms with Gasteiger partial charge in [0, 0.05) is 10.7 Å². The van der Waals surface area contributed by atoms with Gasteiger partial charge in [0.15, 0.2) is 0 Å². The first-order valence-corrected chi connectivity index (χ1v) is 8.43. The number of benzene rings is 2. The van der Waals surface area contributed by atoms with Gasteiger partial charge in [-0.1, -0.05) is 29.3 Å². The first-order valence-electron chi connectivity index (χ1n) is 7.68. The molecule has 1 aliphatic rings. The normalized spacial score (nSPS) is 14.5. The Bertz CT molecular complexity index is 915. The van der Waals surface area contributed by atoms with E-state index in [0.717, 1.165) is 16.0 Å². The van der Waals surface area contributed by atoms with Gasteiger partial charge in [-0.05, 0) is 67.8 Å². The number of anilines is 2. The summed E-state index contributed by atoms with van der Waals surface area (Å²) in [7, 11) is 0. The number of hydrogen-bond donors (Lipinski definition) is 1. The van der Waals surface area contributed by atoms with Crippen LogP contribution >= 0.6 is 23.2 Å². The van der Waals surface area contributed by atoms with Crippen LogP contribution in [0.2, 0.25) is 5.02 Å². The number of nitrogens with one attached hydrogen (secondary N) is 1. The maximum atomic E-state index is 12.8. The van der Waals surface area contributed by atoms with E-state index in [9.17, 15) is 9.59 Å². The van der Waals surface area contributed by atoms with E-state index in [1.807, 2.05) is 32.0 Å². The van der Waals surface area contributed by atoms with Crippen LogP contribution in [0, 0.1) is 20.8 Å². The molecule has 0 bridgehead atoms. The van der Waals surface area contributed by atoms with Crippen molar-refractivity contribution in [1.29, 1.82) is 0 Å². The van der Waals surface area contributed by atoms with E-state index in [1.54, 1.807) is 25.1 Å². The van der Waals surface area contributed by atoms with Crippen LogP contribution < -0.4 is 10.2 Å². The Hall–Kier alpha value is -2.30. The zero-order valence-corrected chi connectivity index (χ0v) is 15.5. The molecular weight excluding hydrogens is 359 g/mol. The second-order valence-electron chi connectivity index (χ2n) is 6.07. The number of rotatable bonds is 3. The molecular formula is C19H16Cl2N2O2. The smallest absolute Gasteiger partial charge is 0.283 e. The first-order chi connectivity index (χ1) is 11.8. The molecule has 128 valence electrons. The molecule has 25 heavy (non-hydrogen) atoms. The average Bonchev–Trinajstić information content (AvgIpc) is 2.71. The number of imide groups is 1. The number of hydrogen-bond acceptors (Lipinski definition) is 3. The molecule has 0 spiro atoms. The van der Waals surface area contributed by atoms with E-state index in [2.05, 4.69) is 5.32 Å². The molecule has 0 saturated heterocycles. The summed E-state index contributed by atoms with van der Waals surface area (Å²) in [5.74, 6) is -1.04. The third kappa shape index (κ3) is 3.28. The zero-order chi connectivity index (χ0) is 18.3. The molecule has 0 unspecified atom stereocenters. The minimum atomic E-state index is -0.552. The second kappa shape index (κ2) is 6.54. The van der Waals surface area contributed by atoms with Gasteiger partial charge in [-0.3, -0.25) is 9.59 Å². The van der Waals surface area contributed by atoms with Crippen LogP contribution in [-0.2, 0) is 9.59 Å². The molecule has 2 aromatic rings. The lowest BCUT2D eigenvalue weighted by molar-refractivity contribution is -0.120. The van der Waals surface area contributed by atoms with Crippen LogP contribution in [0.4, 0.5) is 11.4 Å². The number of nitrogens with zero attached hydrogens (tertiary/aromatic N) is 1. The predicted octanol–water partition coefficient (Wildman–Crippen LogP) is 4.70. The average molecular weight is 375 g/mol. The lowest BCUT2D eigenvalue weighted by Gasteiger charge is -2.17. The third-order valence-corrected chi connectivity index (χ3v) is 4.50. The fraction of sp³-hybridized carbons (Fsp3) is 0.158. The fourth-order valence-corrected chi connectivity index (χ4v) is 3.33. The lowest BCUT2D eigenvalue weighted by atomic mass is 10.1. The Morgan fingerprint density at radius 1 is 0.880 bits per heavy atom. The third-order valence-electron chi connectivity index (χ3n) is 3.92. The number of carbonyl (C=O) groups excluding carboxylic acids is 2. The molecule has 1 aliphatic heterocycles. The van der Waals surface area contributed by atoms with Crippen LogP contribution in [0.25, 0.3) is 0 Å². The maximum absolute atomic E-state index is 12.8. The highest BCUT2D eigenvalue weighted by atomic mass is 35.5. The molecule has 0 radical (unpaired) electrons. The molecule has 0 atom stereocenters. The molecule has 1 N–H and O–H groups in total. The van der Waals surface area contributed by atoms with Gasteiger partial charge in [-0.25, -0.2) is 4.90 Å². The van der Waals surface area contributed by atoms with Crippen molar-refractivity contribution in [3.8, 4) is 0 Å². The summed E-state index contributed by atoms with van der Waals surface area (Å²) >= 11 is 12.1. The lowest BCUT2D eigenvalue weighted by Crippen LogP contribution is -2.32. The summed E-state index contributed by atoms with van der Waals surface area (Å²) in [6, 6.07) is 10.8. The molecule has 0 aromatic heterocycles. The van der Waals surface area contributed by atoms with Gasteiger partial charge in [0.2, 0.25) is 0 Å². The molecule has 2 amide bonds. The van der Waals surface area contributed by atoms with Gasteiger partial charge in [0.1, 0.15) is 10.7 Å². The van der Waals surface area contributed by atoms with Gasteiger partial charge in [0.25, 0.3) is 11.8 Å². The summed E-state index contributed by atoms with van der Waals surface area (Å²) in [6.45, 7) is 5.70. The summed E-state index contributed by atoms with van der Waals surface area (Å²) in [4.78, 5) is 26.4. The minimum Gasteiger partial charge on any atom is -0.350 e. The number of halogens is 2. The van der Waals surface area contributed by atoms with E-state index in [1.165, 1.54) is 0 Å². The van der Waals surface area contributed by atoms with Crippen molar-refractivity contribution in [2.75, 3.05) is 10.2 Å². The maximum Gasteiger partial charge on any atom is 0.283 e.